The number of benzene rings is 1. The van der Waals surface area contributed by atoms with Crippen molar-refractivity contribution in [2.45, 2.75) is 52.7 Å². The van der Waals surface area contributed by atoms with E-state index in [9.17, 15) is 71.2 Å². The fourth-order valence-electron chi connectivity index (χ4n) is 3.65. The number of hydrogen-bond acceptors (Lipinski definition) is 19. The molecule has 20 heteroatoms. The average molecular weight is 531 g/mol. The van der Waals surface area contributed by atoms with Gasteiger partial charge in [-0.2, -0.15) is 0 Å². The number of ether oxygens (including phenoxy) is 2. The van der Waals surface area contributed by atoms with Crippen molar-refractivity contribution in [1.82, 2.24) is 5.32 Å². The highest BCUT2D eigenvalue weighted by Crippen LogP contribution is 2.51. The molecule has 0 spiro atoms. The standard InChI is InChI=1S/C16H21NO19/c18-8-12(24,25)9(19,15(30,31)17-8)4-1-2-5(36-16(32,33)34)6(3-4)35-7-10(20,21)13(26,27)14(28,29)11(7,22)23/h1-3,7,19-34H,(H,17,18). The van der Waals surface area contributed by atoms with E-state index in [0.717, 1.165) is 0 Å². The van der Waals surface area contributed by atoms with Crippen LogP contribution in [0.2, 0.25) is 0 Å². The molecule has 1 saturated heterocycles. The fraction of sp³-hybridized carbons (Fsp3) is 0.562. The third-order valence-electron chi connectivity index (χ3n) is 5.71. The van der Waals surface area contributed by atoms with Crippen LogP contribution in [0.15, 0.2) is 18.2 Å². The lowest BCUT2D eigenvalue weighted by atomic mass is 9.84. The van der Waals surface area contributed by atoms with Gasteiger partial charge in [0, 0.05) is 5.56 Å². The van der Waals surface area contributed by atoms with Crippen LogP contribution in [0.3, 0.4) is 0 Å². The predicted molar refractivity (Wildman–Crippen MR) is 95.9 cm³/mol. The van der Waals surface area contributed by atoms with E-state index in [2.05, 4.69) is 4.74 Å². The molecule has 1 amide bonds. The van der Waals surface area contributed by atoms with Gasteiger partial charge in [0.1, 0.15) is 0 Å². The van der Waals surface area contributed by atoms with Crippen molar-refractivity contribution < 1.29 is 96.0 Å². The lowest BCUT2D eigenvalue weighted by molar-refractivity contribution is -0.452. The Morgan fingerprint density at radius 1 is 0.750 bits per heavy atom. The zero-order valence-corrected chi connectivity index (χ0v) is 17.2. The smallest absolute Gasteiger partial charge is 0.453 e. The summed E-state index contributed by atoms with van der Waals surface area (Å²) in [5, 5.41) is 158. The second-order valence-electron chi connectivity index (χ2n) is 8.14. The lowest BCUT2D eigenvalue weighted by Crippen LogP contribution is -2.66. The van der Waals surface area contributed by atoms with Crippen molar-refractivity contribution in [3.8, 4) is 11.5 Å². The molecule has 36 heavy (non-hydrogen) atoms. The summed E-state index contributed by atoms with van der Waals surface area (Å²) in [6.45, 7) is 0. The van der Waals surface area contributed by atoms with E-state index in [1.807, 2.05) is 0 Å². The molecule has 1 aliphatic carbocycles. The Morgan fingerprint density at radius 3 is 1.61 bits per heavy atom. The van der Waals surface area contributed by atoms with Crippen LogP contribution in [0.5, 0.6) is 11.5 Å². The second kappa shape index (κ2) is 7.36. The first-order valence-electron chi connectivity index (χ1n) is 9.20. The minimum absolute atomic E-state index is 0.154. The number of amides is 1. The third kappa shape index (κ3) is 3.39. The molecule has 1 aromatic rings. The normalized spacial score (nSPS) is 29.6. The summed E-state index contributed by atoms with van der Waals surface area (Å²) in [5.41, 5.74) is -5.05. The summed E-state index contributed by atoms with van der Waals surface area (Å²) < 4.78 is 8.93. The highest BCUT2D eigenvalue weighted by molar-refractivity contribution is 5.88. The van der Waals surface area contributed by atoms with Gasteiger partial charge in [-0.1, -0.05) is 6.07 Å². The van der Waals surface area contributed by atoms with Gasteiger partial charge in [-0.25, -0.2) is 0 Å². The number of nitrogens with one attached hydrogen (secondary N) is 1. The maximum absolute atomic E-state index is 11.7. The first-order valence-corrected chi connectivity index (χ1v) is 9.20. The van der Waals surface area contributed by atoms with E-state index >= 15 is 0 Å². The zero-order chi connectivity index (χ0) is 28.1. The largest absolute Gasteiger partial charge is 0.475 e. The fourth-order valence-corrected chi connectivity index (χ4v) is 3.65. The van der Waals surface area contributed by atoms with E-state index in [1.165, 1.54) is 5.32 Å². The minimum atomic E-state index is -4.60. The summed E-state index contributed by atoms with van der Waals surface area (Å²) in [5.74, 6) is -30.6. The molecule has 204 valence electrons. The SMILES string of the molecule is O=C1NC(O)(O)C(O)(c2ccc(OC(O)(O)O)c(OC3C(O)(O)C(O)(O)C(O)(O)C3(O)O)c2)C1(O)O. The Balaban J connectivity index is 2.23. The molecule has 1 atom stereocenters. The van der Waals surface area contributed by atoms with E-state index < -0.39 is 75.7 Å². The maximum Gasteiger partial charge on any atom is 0.453 e. The summed E-state index contributed by atoms with van der Waals surface area (Å²) in [7, 11) is 0. The molecule has 3 rings (SSSR count). The molecule has 17 N–H and O–H groups in total. The zero-order valence-electron chi connectivity index (χ0n) is 17.2. The first kappa shape index (κ1) is 28.2. The number of carbonyl (C=O) groups is 1. The third-order valence-corrected chi connectivity index (χ3v) is 5.71. The van der Waals surface area contributed by atoms with Gasteiger partial charge < -0.3 is 91.2 Å². The molecule has 2 aliphatic rings. The number of carbonyl (C=O) groups excluding carboxylic acids is 1. The van der Waals surface area contributed by atoms with Crippen LogP contribution in [0.4, 0.5) is 0 Å². The Labute approximate surface area is 196 Å². The molecule has 0 bridgehead atoms. The first-order chi connectivity index (χ1) is 15.8. The highest BCUT2D eigenvalue weighted by Gasteiger charge is 2.85. The Bertz CT molecular complexity index is 1050. The van der Waals surface area contributed by atoms with Crippen LogP contribution in [0, 0.1) is 0 Å². The molecular weight excluding hydrogens is 510 g/mol. The van der Waals surface area contributed by atoms with Crippen LogP contribution in [0.1, 0.15) is 5.56 Å². The number of rotatable bonds is 5. The van der Waals surface area contributed by atoms with Gasteiger partial charge in [0.15, 0.2) is 11.5 Å². The average Bonchev–Trinajstić information content (AvgIpc) is 2.84. The van der Waals surface area contributed by atoms with Crippen molar-refractivity contribution in [3.05, 3.63) is 23.8 Å². The summed E-state index contributed by atoms with van der Waals surface area (Å²) in [6, 6.07) is 0.987. The van der Waals surface area contributed by atoms with Crippen LogP contribution in [0.25, 0.3) is 0 Å². The Morgan fingerprint density at radius 2 is 1.22 bits per heavy atom. The molecule has 1 saturated carbocycles. The van der Waals surface area contributed by atoms with Crippen molar-refractivity contribution in [3.63, 3.8) is 0 Å². The maximum atomic E-state index is 11.7. The van der Waals surface area contributed by atoms with Crippen LogP contribution in [-0.2, 0) is 10.4 Å². The molecule has 1 unspecified atom stereocenters. The molecule has 1 aromatic carbocycles. The summed E-state index contributed by atoms with van der Waals surface area (Å²) >= 11 is 0. The number of hydrogen-bond donors (Lipinski definition) is 17. The quantitative estimate of drug-likeness (QED) is 0.157. The predicted octanol–water partition coefficient (Wildman–Crippen LogP) is -10.2. The molecule has 0 aromatic heterocycles. The molecule has 2 fully saturated rings. The summed E-state index contributed by atoms with van der Waals surface area (Å²) in [6.07, 6.45) is -7.47. The van der Waals surface area contributed by atoms with Crippen molar-refractivity contribution >= 4 is 5.91 Å². The molecular formula is C16H21NO19. The van der Waals surface area contributed by atoms with Gasteiger partial charge in [0.25, 0.3) is 40.8 Å². The van der Waals surface area contributed by atoms with Gasteiger partial charge in [0.05, 0.1) is 0 Å². The lowest BCUT2D eigenvalue weighted by Gasteiger charge is -2.37. The minimum Gasteiger partial charge on any atom is -0.475 e. The van der Waals surface area contributed by atoms with Crippen LogP contribution < -0.4 is 14.8 Å². The topological polar surface area (TPSA) is 371 Å². The van der Waals surface area contributed by atoms with E-state index in [4.69, 9.17) is 20.1 Å². The van der Waals surface area contributed by atoms with Crippen LogP contribution in [-0.4, -0.2) is 135 Å². The molecule has 0 radical (unpaired) electrons. The van der Waals surface area contributed by atoms with Gasteiger partial charge >= 0.3 is 6.16 Å². The Hall–Kier alpha value is -2.35. The van der Waals surface area contributed by atoms with E-state index in [0.29, 0.717) is 12.1 Å². The molecule has 1 aliphatic heterocycles. The molecule has 20 nitrogen and oxygen atoms in total. The van der Waals surface area contributed by atoms with Gasteiger partial charge in [0.2, 0.25) is 11.7 Å². The van der Waals surface area contributed by atoms with Gasteiger partial charge in [-0.05, 0) is 12.1 Å². The second-order valence-corrected chi connectivity index (χ2v) is 8.14. The Kier molecular flexibility index (Phi) is 5.77. The highest BCUT2D eigenvalue weighted by atomic mass is 16.9. The van der Waals surface area contributed by atoms with Crippen molar-refractivity contribution in [1.29, 1.82) is 0 Å². The monoisotopic (exact) mass is 531 g/mol. The van der Waals surface area contributed by atoms with E-state index in [-0.39, 0.29) is 6.07 Å². The van der Waals surface area contributed by atoms with Gasteiger partial charge in [-0.3, -0.25) is 10.1 Å². The molecule has 1 heterocycles. The van der Waals surface area contributed by atoms with Crippen molar-refractivity contribution in [2.75, 3.05) is 0 Å². The number of aliphatic hydroxyl groups is 16. The van der Waals surface area contributed by atoms with Gasteiger partial charge in [-0.15, -0.1) is 0 Å². The van der Waals surface area contributed by atoms with Crippen molar-refractivity contribution in [2.24, 2.45) is 0 Å². The van der Waals surface area contributed by atoms with Crippen LogP contribution >= 0.6 is 0 Å². The summed E-state index contributed by atoms with van der Waals surface area (Å²) in [4.78, 5) is 11.7. The van der Waals surface area contributed by atoms with E-state index in [1.54, 1.807) is 0 Å².